The Morgan fingerprint density at radius 1 is 0.667 bits per heavy atom. The van der Waals surface area contributed by atoms with Crippen molar-refractivity contribution in [3.05, 3.63) is 0 Å². The number of hydrogen-bond acceptors (Lipinski definition) is 8. The third-order valence-electron chi connectivity index (χ3n) is 3.74. The molecule has 0 bridgehead atoms. The molecule has 0 fully saturated rings. The zero-order chi connectivity index (χ0) is 25.4. The van der Waals surface area contributed by atoms with Crippen molar-refractivity contribution in [2.24, 2.45) is 11.7 Å². The monoisotopic (exact) mass is 473 g/mol. The summed E-state index contributed by atoms with van der Waals surface area (Å²) in [7, 11) is 0. The van der Waals surface area contributed by atoms with Crippen LogP contribution in [0.15, 0.2) is 0 Å². The van der Waals surface area contributed by atoms with Crippen molar-refractivity contribution in [3.63, 3.8) is 0 Å². The standard InChI is InChI=1S/C18H31N7O8/c1-10(2)3-11(25-16(30)8-22-13(27)5-20-12(26)4-19)18(33)24-7-15(29)21-6-14(28)23-9-17(31)32/h10-11H,3-9,19H2,1-2H3,(H,20,26)(H,21,29)(H,22,27)(H,23,28)(H,24,33)(H,25,30)(H,31,32)/t11-/m0/s1. The second kappa shape index (κ2) is 16.0. The average molecular weight is 473 g/mol. The molecular formula is C18H31N7O8. The Morgan fingerprint density at radius 2 is 1.09 bits per heavy atom. The van der Waals surface area contributed by atoms with E-state index in [1.54, 1.807) is 0 Å². The van der Waals surface area contributed by atoms with Gasteiger partial charge in [-0.25, -0.2) is 0 Å². The molecule has 0 aliphatic carbocycles. The van der Waals surface area contributed by atoms with E-state index >= 15 is 0 Å². The fourth-order valence-corrected chi connectivity index (χ4v) is 2.21. The van der Waals surface area contributed by atoms with Gasteiger partial charge < -0.3 is 42.7 Å². The van der Waals surface area contributed by atoms with Gasteiger partial charge >= 0.3 is 5.97 Å². The Balaban J connectivity index is 4.50. The number of carbonyl (C=O) groups is 7. The summed E-state index contributed by atoms with van der Waals surface area (Å²) in [5, 5.41) is 22.0. The summed E-state index contributed by atoms with van der Waals surface area (Å²) in [5.74, 6) is -5.11. The van der Waals surface area contributed by atoms with Crippen molar-refractivity contribution in [1.82, 2.24) is 31.9 Å². The van der Waals surface area contributed by atoms with Gasteiger partial charge in [0, 0.05) is 0 Å². The van der Waals surface area contributed by atoms with E-state index in [1.807, 2.05) is 13.8 Å². The maximum absolute atomic E-state index is 12.4. The highest BCUT2D eigenvalue weighted by Crippen LogP contribution is 2.04. The first-order valence-corrected chi connectivity index (χ1v) is 10.00. The normalized spacial score (nSPS) is 11.0. The maximum Gasteiger partial charge on any atom is 0.322 e. The first kappa shape index (κ1) is 29.2. The number of carbonyl (C=O) groups excluding carboxylic acids is 6. The third kappa shape index (κ3) is 15.7. The number of nitrogens with two attached hydrogens (primary N) is 1. The predicted molar refractivity (Wildman–Crippen MR) is 113 cm³/mol. The first-order chi connectivity index (χ1) is 15.4. The summed E-state index contributed by atoms with van der Waals surface area (Å²) in [6.45, 7) is 1.01. The van der Waals surface area contributed by atoms with E-state index in [-0.39, 0.29) is 25.4 Å². The molecule has 0 rings (SSSR count). The molecule has 186 valence electrons. The van der Waals surface area contributed by atoms with E-state index in [4.69, 9.17) is 10.8 Å². The van der Waals surface area contributed by atoms with Crippen LogP contribution in [0, 0.1) is 5.92 Å². The molecule has 0 aromatic carbocycles. The molecule has 15 heteroatoms. The van der Waals surface area contributed by atoms with E-state index < -0.39 is 73.6 Å². The number of carboxylic acids is 1. The molecule has 9 N–H and O–H groups in total. The Labute approximate surface area is 190 Å². The Morgan fingerprint density at radius 3 is 1.55 bits per heavy atom. The fourth-order valence-electron chi connectivity index (χ4n) is 2.21. The Kier molecular flexibility index (Phi) is 14.1. The van der Waals surface area contributed by atoms with Gasteiger partial charge in [-0.15, -0.1) is 0 Å². The molecule has 0 saturated heterocycles. The molecule has 6 amide bonds. The van der Waals surface area contributed by atoms with Crippen LogP contribution in [0.2, 0.25) is 0 Å². The number of carboxylic acid groups (broad SMARTS) is 1. The van der Waals surface area contributed by atoms with Crippen LogP contribution in [0.5, 0.6) is 0 Å². The molecule has 0 spiro atoms. The lowest BCUT2D eigenvalue weighted by atomic mass is 10.0. The second-order valence-corrected chi connectivity index (χ2v) is 7.17. The van der Waals surface area contributed by atoms with Gasteiger partial charge in [0.1, 0.15) is 12.6 Å². The van der Waals surface area contributed by atoms with E-state index in [0.717, 1.165) is 0 Å². The molecule has 15 nitrogen and oxygen atoms in total. The average Bonchev–Trinajstić information content (AvgIpc) is 2.75. The molecule has 0 radical (unpaired) electrons. The van der Waals surface area contributed by atoms with E-state index in [0.29, 0.717) is 0 Å². The Bertz CT molecular complexity index is 741. The SMILES string of the molecule is CC(C)C[C@H](NC(=O)CNC(=O)CNC(=O)CN)C(=O)NCC(=O)NCC(=O)NCC(=O)O. The topological polar surface area (TPSA) is 238 Å². The molecule has 0 saturated carbocycles. The molecule has 33 heavy (non-hydrogen) atoms. The fraction of sp³-hybridized carbons (Fsp3) is 0.611. The van der Waals surface area contributed by atoms with Gasteiger partial charge in [0.05, 0.1) is 32.7 Å². The molecule has 0 aliphatic rings. The van der Waals surface area contributed by atoms with E-state index in [1.165, 1.54) is 0 Å². The highest BCUT2D eigenvalue weighted by Gasteiger charge is 2.22. The smallest absolute Gasteiger partial charge is 0.322 e. The Hall–Kier alpha value is -3.75. The third-order valence-corrected chi connectivity index (χ3v) is 3.74. The van der Waals surface area contributed by atoms with Gasteiger partial charge in [-0.3, -0.25) is 33.6 Å². The number of hydrogen-bond donors (Lipinski definition) is 8. The molecule has 0 heterocycles. The van der Waals surface area contributed by atoms with E-state index in [2.05, 4.69) is 31.9 Å². The van der Waals surface area contributed by atoms with Gasteiger partial charge in [0.2, 0.25) is 35.4 Å². The molecule has 0 unspecified atom stereocenters. The minimum atomic E-state index is -1.24. The lowest BCUT2D eigenvalue weighted by molar-refractivity contribution is -0.137. The first-order valence-electron chi connectivity index (χ1n) is 10.00. The lowest BCUT2D eigenvalue weighted by Crippen LogP contribution is -2.52. The van der Waals surface area contributed by atoms with Gasteiger partial charge in [-0.2, -0.15) is 0 Å². The van der Waals surface area contributed by atoms with Crippen LogP contribution in [0.1, 0.15) is 20.3 Å². The zero-order valence-electron chi connectivity index (χ0n) is 18.5. The molecule has 0 aromatic heterocycles. The second-order valence-electron chi connectivity index (χ2n) is 7.17. The molecular weight excluding hydrogens is 442 g/mol. The van der Waals surface area contributed by atoms with Crippen LogP contribution >= 0.6 is 0 Å². The van der Waals surface area contributed by atoms with Crippen LogP contribution in [-0.2, 0) is 33.6 Å². The van der Waals surface area contributed by atoms with Gasteiger partial charge in [0.15, 0.2) is 0 Å². The summed E-state index contributed by atoms with van der Waals surface area (Å²) >= 11 is 0. The van der Waals surface area contributed by atoms with Crippen molar-refractivity contribution in [2.75, 3.05) is 39.3 Å². The van der Waals surface area contributed by atoms with Gasteiger partial charge in [0.25, 0.3) is 0 Å². The van der Waals surface area contributed by atoms with Crippen molar-refractivity contribution in [3.8, 4) is 0 Å². The van der Waals surface area contributed by atoms with Crippen molar-refractivity contribution in [1.29, 1.82) is 0 Å². The van der Waals surface area contributed by atoms with Crippen LogP contribution in [-0.4, -0.2) is 91.8 Å². The quantitative estimate of drug-likeness (QED) is 0.114. The predicted octanol–water partition coefficient (Wildman–Crippen LogP) is -4.86. The van der Waals surface area contributed by atoms with Crippen LogP contribution < -0.4 is 37.6 Å². The molecule has 1 atom stereocenters. The van der Waals surface area contributed by atoms with Gasteiger partial charge in [-0.1, -0.05) is 13.8 Å². The number of aliphatic carboxylic acids is 1. The summed E-state index contributed by atoms with van der Waals surface area (Å²) in [6.07, 6.45) is 0.247. The number of rotatable bonds is 15. The summed E-state index contributed by atoms with van der Waals surface area (Å²) < 4.78 is 0. The highest BCUT2D eigenvalue weighted by atomic mass is 16.4. The number of nitrogens with one attached hydrogen (secondary N) is 6. The minimum absolute atomic E-state index is 0.00822. The van der Waals surface area contributed by atoms with Crippen molar-refractivity contribution < 1.29 is 38.7 Å². The lowest BCUT2D eigenvalue weighted by Gasteiger charge is -2.20. The van der Waals surface area contributed by atoms with E-state index in [9.17, 15) is 33.6 Å². The molecule has 0 aromatic rings. The summed E-state index contributed by atoms with van der Waals surface area (Å²) in [6, 6.07) is -0.988. The van der Waals surface area contributed by atoms with Gasteiger partial charge in [-0.05, 0) is 12.3 Å². The maximum atomic E-state index is 12.4. The van der Waals surface area contributed by atoms with Crippen molar-refractivity contribution >= 4 is 41.4 Å². The summed E-state index contributed by atoms with van der Waals surface area (Å²) in [4.78, 5) is 80.6. The minimum Gasteiger partial charge on any atom is -0.480 e. The van der Waals surface area contributed by atoms with Crippen molar-refractivity contribution in [2.45, 2.75) is 26.3 Å². The highest BCUT2D eigenvalue weighted by molar-refractivity contribution is 5.93. The number of amides is 6. The van der Waals surface area contributed by atoms with Crippen LogP contribution in [0.3, 0.4) is 0 Å². The molecule has 0 aliphatic heterocycles. The van der Waals surface area contributed by atoms with Crippen LogP contribution in [0.4, 0.5) is 0 Å². The van der Waals surface area contributed by atoms with Crippen LogP contribution in [0.25, 0.3) is 0 Å². The zero-order valence-corrected chi connectivity index (χ0v) is 18.5. The summed E-state index contributed by atoms with van der Waals surface area (Å²) in [5.41, 5.74) is 5.09. The largest absolute Gasteiger partial charge is 0.480 e.